The highest BCUT2D eigenvalue weighted by molar-refractivity contribution is 7.92. The third-order valence-corrected chi connectivity index (χ3v) is 5.47. The molecule has 0 aliphatic heterocycles. The second-order valence-corrected chi connectivity index (χ2v) is 8.06. The van der Waals surface area contributed by atoms with Crippen LogP contribution in [0.15, 0.2) is 41.4 Å². The predicted molar refractivity (Wildman–Crippen MR) is 96.8 cm³/mol. The molecule has 0 radical (unpaired) electrons. The lowest BCUT2D eigenvalue weighted by atomic mass is 10.1. The SMILES string of the molecule is C[C@@](O)(C(=O)Nc1ccc(S(=O)(=O)Nc2cccnc2Cl)cc1Cl)C(F)(F)F. The van der Waals surface area contributed by atoms with Crippen LogP contribution in [0, 0.1) is 0 Å². The third kappa shape index (κ3) is 4.66. The average Bonchev–Trinajstić information content (AvgIpc) is 2.57. The van der Waals surface area contributed by atoms with Crippen molar-refractivity contribution in [2.45, 2.75) is 23.6 Å². The van der Waals surface area contributed by atoms with Crippen molar-refractivity contribution in [2.24, 2.45) is 0 Å². The van der Waals surface area contributed by atoms with Gasteiger partial charge in [-0.05, 0) is 37.3 Å². The normalized spacial score (nSPS) is 14.2. The summed E-state index contributed by atoms with van der Waals surface area (Å²) in [4.78, 5) is 15.1. The maximum absolute atomic E-state index is 12.7. The number of hydrogen-bond donors (Lipinski definition) is 3. The van der Waals surface area contributed by atoms with E-state index in [2.05, 4.69) is 9.71 Å². The molecular weight excluding hydrogens is 446 g/mol. The van der Waals surface area contributed by atoms with Crippen LogP contribution in [0.1, 0.15) is 6.92 Å². The molecule has 13 heteroatoms. The molecule has 0 saturated carbocycles. The van der Waals surface area contributed by atoms with Crippen LogP contribution in [0.5, 0.6) is 0 Å². The van der Waals surface area contributed by atoms with Gasteiger partial charge in [0.2, 0.25) is 5.60 Å². The molecule has 1 aromatic heterocycles. The average molecular weight is 458 g/mol. The van der Waals surface area contributed by atoms with Gasteiger partial charge < -0.3 is 10.4 Å². The van der Waals surface area contributed by atoms with Gasteiger partial charge in [-0.15, -0.1) is 0 Å². The fraction of sp³-hybridized carbons (Fsp3) is 0.200. The van der Waals surface area contributed by atoms with E-state index in [-0.39, 0.29) is 33.4 Å². The summed E-state index contributed by atoms with van der Waals surface area (Å²) in [7, 11) is -4.16. The Labute approximate surface area is 167 Å². The van der Waals surface area contributed by atoms with E-state index < -0.39 is 27.7 Å². The maximum Gasteiger partial charge on any atom is 0.426 e. The van der Waals surface area contributed by atoms with E-state index in [4.69, 9.17) is 23.2 Å². The van der Waals surface area contributed by atoms with Gasteiger partial charge in [0.1, 0.15) is 0 Å². The molecule has 1 aromatic carbocycles. The molecular formula is C15H12Cl2F3N3O4S. The molecule has 0 saturated heterocycles. The number of nitrogens with zero attached hydrogens (tertiary/aromatic N) is 1. The number of benzene rings is 1. The summed E-state index contributed by atoms with van der Waals surface area (Å²) in [5, 5.41) is 10.7. The number of carbonyl (C=O) groups excluding carboxylic acids is 1. The Morgan fingerprint density at radius 3 is 2.36 bits per heavy atom. The Hall–Kier alpha value is -2.08. The van der Waals surface area contributed by atoms with E-state index in [0.29, 0.717) is 0 Å². The Morgan fingerprint density at radius 1 is 1.18 bits per heavy atom. The van der Waals surface area contributed by atoms with Crippen LogP contribution in [0.4, 0.5) is 24.5 Å². The highest BCUT2D eigenvalue weighted by Gasteiger charge is 2.55. The molecule has 0 aliphatic rings. The van der Waals surface area contributed by atoms with Crippen molar-refractivity contribution >= 4 is 50.5 Å². The zero-order chi connectivity index (χ0) is 21.3. The lowest BCUT2D eigenvalue weighted by Gasteiger charge is -2.25. The van der Waals surface area contributed by atoms with Crippen LogP contribution >= 0.6 is 23.2 Å². The second kappa shape index (κ2) is 7.74. The van der Waals surface area contributed by atoms with Gasteiger partial charge in [0, 0.05) is 6.20 Å². The molecule has 0 spiro atoms. The van der Waals surface area contributed by atoms with Gasteiger partial charge >= 0.3 is 6.18 Å². The highest BCUT2D eigenvalue weighted by Crippen LogP contribution is 2.33. The van der Waals surface area contributed by atoms with Crippen molar-refractivity contribution in [2.75, 3.05) is 10.0 Å². The first kappa shape index (κ1) is 22.2. The van der Waals surface area contributed by atoms with Crippen LogP contribution in [0.2, 0.25) is 10.2 Å². The van der Waals surface area contributed by atoms with Crippen molar-refractivity contribution < 1.29 is 31.5 Å². The minimum Gasteiger partial charge on any atom is -0.373 e. The molecule has 1 amide bonds. The molecule has 0 aliphatic carbocycles. The van der Waals surface area contributed by atoms with Crippen LogP contribution in [0.25, 0.3) is 0 Å². The first-order valence-corrected chi connectivity index (χ1v) is 9.53. The van der Waals surface area contributed by atoms with Crippen molar-refractivity contribution in [3.05, 3.63) is 46.7 Å². The summed E-state index contributed by atoms with van der Waals surface area (Å²) < 4.78 is 65.1. The number of alkyl halides is 3. The zero-order valence-electron chi connectivity index (χ0n) is 13.9. The number of aliphatic hydroxyl groups is 1. The first-order valence-electron chi connectivity index (χ1n) is 7.29. The zero-order valence-corrected chi connectivity index (χ0v) is 16.2. The number of aromatic nitrogens is 1. The number of sulfonamides is 1. The monoisotopic (exact) mass is 457 g/mol. The lowest BCUT2D eigenvalue weighted by molar-refractivity contribution is -0.242. The highest BCUT2D eigenvalue weighted by atomic mass is 35.5. The Balaban J connectivity index is 2.27. The smallest absolute Gasteiger partial charge is 0.373 e. The number of hydrogen-bond acceptors (Lipinski definition) is 5. The van der Waals surface area contributed by atoms with Crippen LogP contribution in [-0.2, 0) is 14.8 Å². The molecule has 2 aromatic rings. The van der Waals surface area contributed by atoms with E-state index in [1.807, 2.05) is 5.32 Å². The number of halogens is 5. The molecule has 28 heavy (non-hydrogen) atoms. The summed E-state index contributed by atoms with van der Waals surface area (Å²) in [6.45, 7) is 0.274. The second-order valence-electron chi connectivity index (χ2n) is 5.61. The number of nitrogens with one attached hydrogen (secondary N) is 2. The van der Waals surface area contributed by atoms with Gasteiger partial charge in [0.25, 0.3) is 15.9 Å². The number of carbonyl (C=O) groups is 1. The maximum atomic E-state index is 12.7. The number of pyridine rings is 1. The van der Waals surface area contributed by atoms with Crippen molar-refractivity contribution in [3.8, 4) is 0 Å². The van der Waals surface area contributed by atoms with E-state index in [1.165, 1.54) is 18.3 Å². The Bertz CT molecular complexity index is 1010. The Morgan fingerprint density at radius 2 is 1.82 bits per heavy atom. The largest absolute Gasteiger partial charge is 0.426 e. The summed E-state index contributed by atoms with van der Waals surface area (Å²) in [6, 6.07) is 5.69. The third-order valence-electron chi connectivity index (χ3n) is 3.50. The van der Waals surface area contributed by atoms with Crippen LogP contribution in [-0.4, -0.2) is 36.2 Å². The summed E-state index contributed by atoms with van der Waals surface area (Å²) in [6.07, 6.45) is -3.87. The van der Waals surface area contributed by atoms with E-state index in [1.54, 1.807) is 0 Å². The molecule has 0 unspecified atom stereocenters. The number of amides is 1. The minimum absolute atomic E-state index is 0.00103. The van der Waals surface area contributed by atoms with Gasteiger partial charge in [-0.1, -0.05) is 23.2 Å². The standard InChI is InChI=1S/C15H12Cl2F3N3O4S/c1-14(25,15(18,19)20)13(24)22-10-5-4-8(7-9(10)16)28(26,27)23-11-3-2-6-21-12(11)17/h2-7,23,25H,1H3,(H,22,24)/t14-/m1/s1. The molecule has 1 heterocycles. The van der Waals surface area contributed by atoms with Crippen molar-refractivity contribution in [3.63, 3.8) is 0 Å². The van der Waals surface area contributed by atoms with Crippen LogP contribution < -0.4 is 10.0 Å². The van der Waals surface area contributed by atoms with Crippen molar-refractivity contribution in [1.29, 1.82) is 0 Å². The summed E-state index contributed by atoms with van der Waals surface area (Å²) in [5.74, 6) is -1.78. The number of rotatable bonds is 5. The van der Waals surface area contributed by atoms with Crippen LogP contribution in [0.3, 0.4) is 0 Å². The molecule has 152 valence electrons. The predicted octanol–water partition coefficient (Wildman–Crippen LogP) is 3.44. The topological polar surface area (TPSA) is 108 Å². The number of anilines is 2. The summed E-state index contributed by atoms with van der Waals surface area (Å²) >= 11 is 11.7. The first-order chi connectivity index (χ1) is 12.8. The van der Waals surface area contributed by atoms with Gasteiger partial charge in [0.05, 0.1) is 21.3 Å². The van der Waals surface area contributed by atoms with Crippen molar-refractivity contribution in [1.82, 2.24) is 4.98 Å². The molecule has 7 nitrogen and oxygen atoms in total. The molecule has 3 N–H and O–H groups in total. The van der Waals surface area contributed by atoms with Gasteiger partial charge in [-0.2, -0.15) is 13.2 Å². The summed E-state index contributed by atoms with van der Waals surface area (Å²) in [5.41, 5.74) is -3.99. The fourth-order valence-electron chi connectivity index (χ4n) is 1.80. The molecule has 0 bridgehead atoms. The van der Waals surface area contributed by atoms with Gasteiger partial charge in [-0.3, -0.25) is 9.52 Å². The quantitative estimate of drug-likeness (QED) is 0.595. The van der Waals surface area contributed by atoms with Gasteiger partial charge in [0.15, 0.2) is 5.15 Å². The lowest BCUT2D eigenvalue weighted by Crippen LogP contribution is -2.52. The molecule has 1 atom stereocenters. The van der Waals surface area contributed by atoms with E-state index in [0.717, 1.165) is 18.2 Å². The van der Waals surface area contributed by atoms with E-state index in [9.17, 15) is 31.5 Å². The molecule has 2 rings (SSSR count). The minimum atomic E-state index is -5.22. The van der Waals surface area contributed by atoms with Gasteiger partial charge in [-0.25, -0.2) is 13.4 Å². The van der Waals surface area contributed by atoms with E-state index >= 15 is 0 Å². The molecule has 0 fully saturated rings. The fourth-order valence-corrected chi connectivity index (χ4v) is 3.41. The Kier molecular flexibility index (Phi) is 6.14.